The minimum atomic E-state index is -0.889. The maximum atomic E-state index is 11.2. The molecule has 0 atom stereocenters. The van der Waals surface area contributed by atoms with Gasteiger partial charge in [0, 0.05) is 24.2 Å². The lowest BCUT2D eigenvalue weighted by Crippen LogP contribution is -1.97. The lowest BCUT2D eigenvalue weighted by Gasteiger charge is -2.05. The molecule has 0 aliphatic rings. The van der Waals surface area contributed by atoms with E-state index in [2.05, 4.69) is 6.92 Å². The molecule has 0 aliphatic carbocycles. The van der Waals surface area contributed by atoms with Crippen LogP contribution in [0, 0.1) is 0 Å². The molecule has 0 fully saturated rings. The molecule has 0 spiro atoms. The summed E-state index contributed by atoms with van der Waals surface area (Å²) in [6.07, 6.45) is 3.81. The molecule has 0 saturated carbocycles. The largest absolute Gasteiger partial charge is 0.497 e. The van der Waals surface area contributed by atoms with Crippen LogP contribution in [0.5, 0.6) is 5.75 Å². The zero-order valence-electron chi connectivity index (χ0n) is 10.6. The Hall–Kier alpha value is -1.97. The van der Waals surface area contributed by atoms with E-state index in [1.807, 2.05) is 10.6 Å². The first-order valence-corrected chi connectivity index (χ1v) is 6.07. The number of aromatic nitrogens is 1. The third-order valence-electron chi connectivity index (χ3n) is 3.07. The van der Waals surface area contributed by atoms with Crippen LogP contribution in [-0.2, 0) is 6.54 Å². The van der Waals surface area contributed by atoms with Crippen molar-refractivity contribution in [3.63, 3.8) is 0 Å². The van der Waals surface area contributed by atoms with Gasteiger partial charge >= 0.3 is 5.97 Å². The highest BCUT2D eigenvalue weighted by atomic mass is 16.5. The topological polar surface area (TPSA) is 51.5 Å². The van der Waals surface area contributed by atoms with E-state index >= 15 is 0 Å². The SMILES string of the molecule is CCCCn1cc(C(=O)O)c2ccc(OC)cc21. The highest BCUT2D eigenvalue weighted by Crippen LogP contribution is 2.26. The van der Waals surface area contributed by atoms with Gasteiger partial charge in [-0.2, -0.15) is 0 Å². The molecule has 1 aromatic carbocycles. The van der Waals surface area contributed by atoms with E-state index in [4.69, 9.17) is 4.74 Å². The fraction of sp³-hybridized carbons (Fsp3) is 0.357. The number of aromatic carboxylic acids is 1. The Morgan fingerprint density at radius 3 is 2.83 bits per heavy atom. The predicted molar refractivity (Wildman–Crippen MR) is 70.4 cm³/mol. The normalized spacial score (nSPS) is 10.8. The van der Waals surface area contributed by atoms with Crippen molar-refractivity contribution in [2.75, 3.05) is 7.11 Å². The van der Waals surface area contributed by atoms with Crippen LogP contribution in [0.15, 0.2) is 24.4 Å². The number of ether oxygens (including phenoxy) is 1. The van der Waals surface area contributed by atoms with E-state index in [0.29, 0.717) is 5.56 Å². The molecule has 0 saturated heterocycles. The number of nitrogens with zero attached hydrogens (tertiary/aromatic N) is 1. The summed E-state index contributed by atoms with van der Waals surface area (Å²) in [6, 6.07) is 5.48. The summed E-state index contributed by atoms with van der Waals surface area (Å²) >= 11 is 0. The van der Waals surface area contributed by atoms with Crippen LogP contribution in [0.4, 0.5) is 0 Å². The van der Waals surface area contributed by atoms with Crippen LogP contribution in [0.1, 0.15) is 30.1 Å². The summed E-state index contributed by atoms with van der Waals surface area (Å²) in [4.78, 5) is 11.2. The van der Waals surface area contributed by atoms with Crippen molar-refractivity contribution in [2.24, 2.45) is 0 Å². The molecule has 1 aromatic heterocycles. The number of rotatable bonds is 5. The van der Waals surface area contributed by atoms with Crippen LogP contribution in [-0.4, -0.2) is 22.8 Å². The second-order valence-corrected chi connectivity index (χ2v) is 4.28. The number of unbranched alkanes of at least 4 members (excludes halogenated alkanes) is 1. The Bertz CT molecular complexity index is 572. The van der Waals surface area contributed by atoms with E-state index in [9.17, 15) is 9.90 Å². The van der Waals surface area contributed by atoms with Crippen molar-refractivity contribution >= 4 is 16.9 Å². The molecule has 18 heavy (non-hydrogen) atoms. The third-order valence-corrected chi connectivity index (χ3v) is 3.07. The molecule has 1 heterocycles. The molecule has 0 bridgehead atoms. The van der Waals surface area contributed by atoms with Gasteiger partial charge in [0.1, 0.15) is 5.75 Å². The third kappa shape index (κ3) is 2.18. The first-order chi connectivity index (χ1) is 8.67. The van der Waals surface area contributed by atoms with E-state index in [-0.39, 0.29) is 0 Å². The zero-order chi connectivity index (χ0) is 13.1. The number of carbonyl (C=O) groups is 1. The van der Waals surface area contributed by atoms with Crippen molar-refractivity contribution in [1.82, 2.24) is 4.57 Å². The van der Waals surface area contributed by atoms with Crippen molar-refractivity contribution in [3.8, 4) is 5.75 Å². The van der Waals surface area contributed by atoms with Crippen molar-refractivity contribution in [3.05, 3.63) is 30.0 Å². The standard InChI is InChI=1S/C14H17NO3/c1-3-4-7-15-9-12(14(16)17)11-6-5-10(18-2)8-13(11)15/h5-6,8-9H,3-4,7H2,1-2H3,(H,16,17). The highest BCUT2D eigenvalue weighted by Gasteiger charge is 2.14. The molecule has 2 aromatic rings. The average Bonchev–Trinajstić information content (AvgIpc) is 2.74. The molecule has 4 nitrogen and oxygen atoms in total. The predicted octanol–water partition coefficient (Wildman–Crippen LogP) is 3.15. The van der Waals surface area contributed by atoms with Gasteiger partial charge in [0.15, 0.2) is 0 Å². The Morgan fingerprint density at radius 2 is 2.22 bits per heavy atom. The molecule has 4 heteroatoms. The molecule has 96 valence electrons. The summed E-state index contributed by atoms with van der Waals surface area (Å²) in [7, 11) is 1.61. The molecular weight excluding hydrogens is 230 g/mol. The zero-order valence-corrected chi connectivity index (χ0v) is 10.6. The molecule has 1 N–H and O–H groups in total. The maximum absolute atomic E-state index is 11.2. The number of hydrogen-bond donors (Lipinski definition) is 1. The Labute approximate surface area is 106 Å². The summed E-state index contributed by atoms with van der Waals surface area (Å²) in [5.41, 5.74) is 1.27. The number of hydrogen-bond acceptors (Lipinski definition) is 2. The fourth-order valence-corrected chi connectivity index (χ4v) is 2.08. The monoisotopic (exact) mass is 247 g/mol. The number of carboxylic acids is 1. The van der Waals surface area contributed by atoms with E-state index in [1.54, 1.807) is 25.4 Å². The van der Waals surface area contributed by atoms with Gasteiger partial charge < -0.3 is 14.4 Å². The second-order valence-electron chi connectivity index (χ2n) is 4.28. The number of aryl methyl sites for hydroxylation is 1. The van der Waals surface area contributed by atoms with Gasteiger partial charge in [-0.15, -0.1) is 0 Å². The molecule has 0 amide bonds. The van der Waals surface area contributed by atoms with Crippen LogP contribution >= 0.6 is 0 Å². The van der Waals surface area contributed by atoms with E-state index in [1.165, 1.54) is 0 Å². The summed E-state index contributed by atoms with van der Waals surface area (Å²) in [5, 5.41) is 9.97. The van der Waals surface area contributed by atoms with Gasteiger partial charge in [-0.3, -0.25) is 0 Å². The summed E-state index contributed by atoms with van der Waals surface area (Å²) in [6.45, 7) is 2.94. The van der Waals surface area contributed by atoms with Crippen LogP contribution in [0.25, 0.3) is 10.9 Å². The van der Waals surface area contributed by atoms with Crippen molar-refractivity contribution < 1.29 is 14.6 Å². The van der Waals surface area contributed by atoms with Gasteiger partial charge in [0.05, 0.1) is 18.2 Å². The molecule has 0 unspecified atom stereocenters. The van der Waals surface area contributed by atoms with Gasteiger partial charge in [-0.1, -0.05) is 13.3 Å². The number of fused-ring (bicyclic) bond motifs is 1. The smallest absolute Gasteiger partial charge is 0.337 e. The number of benzene rings is 1. The first kappa shape index (κ1) is 12.5. The Morgan fingerprint density at radius 1 is 1.44 bits per heavy atom. The minimum Gasteiger partial charge on any atom is -0.497 e. The average molecular weight is 247 g/mol. The van der Waals surface area contributed by atoms with Crippen molar-refractivity contribution in [1.29, 1.82) is 0 Å². The maximum Gasteiger partial charge on any atom is 0.337 e. The van der Waals surface area contributed by atoms with Crippen LogP contribution in [0.2, 0.25) is 0 Å². The van der Waals surface area contributed by atoms with Crippen molar-refractivity contribution in [2.45, 2.75) is 26.3 Å². The van der Waals surface area contributed by atoms with Gasteiger partial charge in [-0.05, 0) is 18.6 Å². The van der Waals surface area contributed by atoms with Crippen LogP contribution in [0.3, 0.4) is 0 Å². The quantitative estimate of drug-likeness (QED) is 0.883. The van der Waals surface area contributed by atoms with E-state index < -0.39 is 5.97 Å². The van der Waals surface area contributed by atoms with E-state index in [0.717, 1.165) is 36.0 Å². The molecule has 0 radical (unpaired) electrons. The lowest BCUT2D eigenvalue weighted by atomic mass is 10.2. The Kier molecular flexibility index (Phi) is 3.55. The molecule has 0 aliphatic heterocycles. The Balaban J connectivity index is 2.57. The lowest BCUT2D eigenvalue weighted by molar-refractivity contribution is 0.0699. The number of methoxy groups -OCH3 is 1. The minimum absolute atomic E-state index is 0.351. The first-order valence-electron chi connectivity index (χ1n) is 6.07. The van der Waals surface area contributed by atoms with Gasteiger partial charge in [-0.25, -0.2) is 4.79 Å². The second kappa shape index (κ2) is 5.12. The van der Waals surface area contributed by atoms with Gasteiger partial charge in [0.2, 0.25) is 0 Å². The van der Waals surface area contributed by atoms with Gasteiger partial charge in [0.25, 0.3) is 0 Å². The molecule has 2 rings (SSSR count). The van der Waals surface area contributed by atoms with Crippen LogP contribution < -0.4 is 4.74 Å². The fourth-order valence-electron chi connectivity index (χ4n) is 2.08. The number of carboxylic acid groups (broad SMARTS) is 1. The summed E-state index contributed by atoms with van der Waals surface area (Å²) < 4.78 is 7.18. The highest BCUT2D eigenvalue weighted by molar-refractivity contribution is 6.03. The summed E-state index contributed by atoms with van der Waals surface area (Å²) in [5.74, 6) is -0.143. The molecular formula is C14H17NO3.